The number of anilines is 1. The zero-order chi connectivity index (χ0) is 22.8. The normalized spacial score (nSPS) is 17.8. The molecular weight excluding hydrogens is 416 g/mol. The van der Waals surface area contributed by atoms with Crippen LogP contribution in [0, 0.1) is 6.92 Å². The number of piperidine rings is 1. The number of aromatic nitrogens is 4. The molecule has 4 heterocycles. The molecule has 0 N–H and O–H groups in total. The van der Waals surface area contributed by atoms with E-state index in [-0.39, 0.29) is 17.9 Å². The quantitative estimate of drug-likeness (QED) is 0.603. The minimum Gasteiger partial charge on any atom is -0.327 e. The van der Waals surface area contributed by atoms with Gasteiger partial charge in [0, 0.05) is 36.7 Å². The van der Waals surface area contributed by atoms with Crippen molar-refractivity contribution in [1.29, 1.82) is 0 Å². The zero-order valence-corrected chi connectivity index (χ0v) is 18.6. The lowest BCUT2D eigenvalue weighted by Gasteiger charge is -2.35. The Kier molecular flexibility index (Phi) is 5.81. The van der Waals surface area contributed by atoms with Gasteiger partial charge >= 0.3 is 0 Å². The van der Waals surface area contributed by atoms with Gasteiger partial charge in [0.1, 0.15) is 11.5 Å². The average Bonchev–Trinajstić information content (AvgIpc) is 3.19. The number of amides is 2. The van der Waals surface area contributed by atoms with Gasteiger partial charge in [0.15, 0.2) is 5.82 Å². The fourth-order valence-corrected chi connectivity index (χ4v) is 4.66. The van der Waals surface area contributed by atoms with E-state index in [1.165, 1.54) is 18.0 Å². The minimum absolute atomic E-state index is 0.0478. The van der Waals surface area contributed by atoms with E-state index in [4.69, 9.17) is 9.97 Å². The molecule has 0 spiro atoms. The summed E-state index contributed by atoms with van der Waals surface area (Å²) in [6.07, 6.45) is 8.35. The van der Waals surface area contributed by atoms with Crippen LogP contribution in [0.5, 0.6) is 0 Å². The summed E-state index contributed by atoms with van der Waals surface area (Å²) in [5, 5.41) is 0. The summed E-state index contributed by atoms with van der Waals surface area (Å²) < 4.78 is 0. The molecule has 5 rings (SSSR count). The second kappa shape index (κ2) is 9.05. The second-order valence-electron chi connectivity index (χ2n) is 8.53. The summed E-state index contributed by atoms with van der Waals surface area (Å²) >= 11 is 0. The summed E-state index contributed by atoms with van der Waals surface area (Å²) in [5.41, 5.74) is 3.20. The molecule has 1 fully saturated rings. The Morgan fingerprint density at radius 2 is 1.97 bits per heavy atom. The van der Waals surface area contributed by atoms with E-state index in [1.54, 1.807) is 16.0 Å². The number of benzene rings is 1. The number of hydrogen-bond donors (Lipinski definition) is 0. The highest BCUT2D eigenvalue weighted by atomic mass is 16.2. The molecule has 0 bridgehead atoms. The predicted octanol–water partition coefficient (Wildman–Crippen LogP) is 3.07. The highest BCUT2D eigenvalue weighted by Crippen LogP contribution is 2.35. The molecule has 1 saturated heterocycles. The van der Waals surface area contributed by atoms with Gasteiger partial charge in [-0.05, 0) is 38.2 Å². The van der Waals surface area contributed by atoms with Gasteiger partial charge in [0.25, 0.3) is 5.91 Å². The molecule has 168 valence electrons. The molecule has 3 aromatic rings. The Labute approximate surface area is 192 Å². The molecule has 0 radical (unpaired) electrons. The lowest BCUT2D eigenvalue weighted by atomic mass is 10.0. The van der Waals surface area contributed by atoms with Crippen LogP contribution in [0.15, 0.2) is 48.9 Å². The lowest BCUT2D eigenvalue weighted by molar-refractivity contribution is -0.117. The molecule has 8 nitrogen and oxygen atoms in total. The van der Waals surface area contributed by atoms with E-state index in [9.17, 15) is 9.59 Å². The number of nitrogens with zero attached hydrogens (tertiary/aromatic N) is 6. The van der Waals surface area contributed by atoms with Gasteiger partial charge in [-0.3, -0.25) is 19.5 Å². The van der Waals surface area contributed by atoms with Crippen LogP contribution in [-0.4, -0.2) is 49.7 Å². The van der Waals surface area contributed by atoms with Crippen LogP contribution in [0.4, 0.5) is 5.82 Å². The molecule has 33 heavy (non-hydrogen) atoms. The van der Waals surface area contributed by atoms with E-state index in [0.29, 0.717) is 36.8 Å². The highest BCUT2D eigenvalue weighted by Gasteiger charge is 2.35. The Balaban J connectivity index is 1.44. The van der Waals surface area contributed by atoms with Gasteiger partial charge in [-0.1, -0.05) is 30.3 Å². The molecule has 0 saturated carbocycles. The second-order valence-corrected chi connectivity index (χ2v) is 8.53. The first-order valence-electron chi connectivity index (χ1n) is 11.4. The smallest absolute Gasteiger partial charge is 0.274 e. The molecule has 2 aliphatic heterocycles. The third-order valence-electron chi connectivity index (χ3n) is 6.40. The van der Waals surface area contributed by atoms with E-state index in [0.717, 1.165) is 36.9 Å². The van der Waals surface area contributed by atoms with E-state index >= 15 is 0 Å². The van der Waals surface area contributed by atoms with Crippen molar-refractivity contribution in [2.75, 3.05) is 18.0 Å². The molecule has 0 aliphatic carbocycles. The monoisotopic (exact) mass is 442 g/mol. The molecule has 1 aromatic carbocycles. The fourth-order valence-electron chi connectivity index (χ4n) is 4.66. The van der Waals surface area contributed by atoms with Crippen molar-refractivity contribution < 1.29 is 9.59 Å². The largest absolute Gasteiger partial charge is 0.327 e. The number of hydrogen-bond acceptors (Lipinski definition) is 6. The Hall–Kier alpha value is -3.68. The fraction of sp³-hybridized carbons (Fsp3) is 0.360. The van der Waals surface area contributed by atoms with E-state index in [2.05, 4.69) is 22.1 Å². The van der Waals surface area contributed by atoms with Gasteiger partial charge in [-0.15, -0.1) is 0 Å². The molecule has 1 atom stereocenters. The number of carbonyl (C=O) groups is 2. The van der Waals surface area contributed by atoms with Crippen LogP contribution in [-0.2, 0) is 17.6 Å². The van der Waals surface area contributed by atoms with Gasteiger partial charge in [0.05, 0.1) is 18.7 Å². The first kappa shape index (κ1) is 21.2. The molecule has 1 unspecified atom stereocenters. The highest BCUT2D eigenvalue weighted by molar-refractivity contribution is 6.00. The third kappa shape index (κ3) is 4.20. The molecular formula is C25H26N6O2. The molecule has 2 amide bonds. The number of carbonyl (C=O) groups excluding carboxylic acids is 2. The summed E-state index contributed by atoms with van der Waals surface area (Å²) in [6, 6.07) is 9.88. The van der Waals surface area contributed by atoms with Crippen LogP contribution < -0.4 is 4.90 Å². The summed E-state index contributed by atoms with van der Waals surface area (Å²) in [5.74, 6) is 1.18. The average molecular weight is 443 g/mol. The van der Waals surface area contributed by atoms with Crippen molar-refractivity contribution in [2.24, 2.45) is 0 Å². The Morgan fingerprint density at radius 1 is 1.12 bits per heavy atom. The number of aryl methyl sites for hydroxylation is 1. The van der Waals surface area contributed by atoms with Crippen LogP contribution in [0.25, 0.3) is 0 Å². The van der Waals surface area contributed by atoms with Crippen molar-refractivity contribution in [3.63, 3.8) is 0 Å². The summed E-state index contributed by atoms with van der Waals surface area (Å²) in [4.78, 5) is 47.4. The number of rotatable bonds is 5. The molecule has 8 heteroatoms. The van der Waals surface area contributed by atoms with Crippen molar-refractivity contribution in [3.05, 3.63) is 77.3 Å². The van der Waals surface area contributed by atoms with Crippen molar-refractivity contribution >= 4 is 17.6 Å². The summed E-state index contributed by atoms with van der Waals surface area (Å²) in [7, 11) is 0. The maximum Gasteiger partial charge on any atom is 0.274 e. The first-order chi connectivity index (χ1) is 16.1. The van der Waals surface area contributed by atoms with Crippen molar-refractivity contribution in [2.45, 2.75) is 45.1 Å². The van der Waals surface area contributed by atoms with Gasteiger partial charge in [0.2, 0.25) is 5.91 Å². The molecule has 2 aromatic heterocycles. The first-order valence-corrected chi connectivity index (χ1v) is 11.4. The minimum atomic E-state index is -0.246. The maximum absolute atomic E-state index is 13.2. The Bertz CT molecular complexity index is 1170. The summed E-state index contributed by atoms with van der Waals surface area (Å²) in [6.45, 7) is 3.12. The van der Waals surface area contributed by atoms with Gasteiger partial charge < -0.3 is 4.90 Å². The van der Waals surface area contributed by atoms with Crippen LogP contribution in [0.2, 0.25) is 0 Å². The zero-order valence-electron chi connectivity index (χ0n) is 18.6. The van der Waals surface area contributed by atoms with Gasteiger partial charge in [-0.25, -0.2) is 15.0 Å². The van der Waals surface area contributed by atoms with Gasteiger partial charge in [-0.2, -0.15) is 0 Å². The Morgan fingerprint density at radius 3 is 2.76 bits per heavy atom. The SMILES string of the molecule is Cc1nc(C2CCCCN2C(=O)c2cnccn2)nc2c1CC(=O)N2CCc1ccccc1. The maximum atomic E-state index is 13.2. The number of likely N-dealkylation sites (tertiary alicyclic amines) is 1. The van der Waals surface area contributed by atoms with Crippen molar-refractivity contribution in [3.8, 4) is 0 Å². The topological polar surface area (TPSA) is 92.2 Å². The van der Waals surface area contributed by atoms with Crippen LogP contribution in [0.1, 0.15) is 58.4 Å². The van der Waals surface area contributed by atoms with Crippen molar-refractivity contribution in [1.82, 2.24) is 24.8 Å². The number of fused-ring (bicyclic) bond motifs is 1. The predicted molar refractivity (Wildman–Crippen MR) is 123 cm³/mol. The van der Waals surface area contributed by atoms with Crippen LogP contribution >= 0.6 is 0 Å². The lowest BCUT2D eigenvalue weighted by Crippen LogP contribution is -2.40. The van der Waals surface area contributed by atoms with E-state index in [1.807, 2.05) is 25.1 Å². The van der Waals surface area contributed by atoms with Crippen LogP contribution in [0.3, 0.4) is 0 Å². The van der Waals surface area contributed by atoms with E-state index < -0.39 is 0 Å². The molecule has 2 aliphatic rings. The standard InChI is InChI=1S/C25H26N6O2/c1-17-19-15-22(32)31(14-10-18-7-3-2-4-8-18)24(19)29-23(28-17)21-9-5-6-13-30(21)25(33)20-16-26-11-12-27-20/h2-4,7-8,11-12,16,21H,5-6,9-10,13-15H2,1H3. The third-order valence-corrected chi connectivity index (χ3v) is 6.40.